The molecule has 3 heteroatoms. The maximum Gasteiger partial charge on any atom is 0.205 e. The van der Waals surface area contributed by atoms with Gasteiger partial charge in [-0.05, 0) is 26.3 Å². The van der Waals surface area contributed by atoms with Crippen LogP contribution in [0.15, 0.2) is 36.1 Å². The Morgan fingerprint density at radius 2 is 1.82 bits per heavy atom. The van der Waals surface area contributed by atoms with Crippen LogP contribution in [0, 0.1) is 0 Å². The van der Waals surface area contributed by atoms with Crippen LogP contribution in [0.2, 0.25) is 0 Å². The van der Waals surface area contributed by atoms with Crippen molar-refractivity contribution in [1.29, 1.82) is 0 Å². The number of rotatable bonds is 3. The minimum atomic E-state index is -1.48. The fraction of sp³-hybridized carbons (Fsp3) is 0.357. The van der Waals surface area contributed by atoms with Gasteiger partial charge in [0.15, 0.2) is 5.60 Å². The highest BCUT2D eigenvalue weighted by molar-refractivity contribution is 6.33. The highest BCUT2D eigenvalue weighted by Gasteiger charge is 2.51. The summed E-state index contributed by atoms with van der Waals surface area (Å²) in [6, 6.07) is 9.28. The van der Waals surface area contributed by atoms with Crippen LogP contribution in [-0.4, -0.2) is 22.6 Å². The van der Waals surface area contributed by atoms with Gasteiger partial charge >= 0.3 is 0 Å². The van der Waals surface area contributed by atoms with Crippen molar-refractivity contribution >= 4 is 11.4 Å². The fourth-order valence-electron chi connectivity index (χ4n) is 1.91. The molecule has 0 fully saturated rings. The number of ether oxygens (including phenoxy) is 1. The molecular weight excluding hydrogens is 216 g/mol. The minimum Gasteiger partial charge on any atom is -0.491 e. The van der Waals surface area contributed by atoms with E-state index >= 15 is 0 Å². The molecule has 1 atom stereocenters. The quantitative estimate of drug-likeness (QED) is 0.868. The van der Waals surface area contributed by atoms with Crippen molar-refractivity contribution in [1.82, 2.24) is 0 Å². The summed E-state index contributed by atoms with van der Waals surface area (Å²) in [6.45, 7) is 5.21. The van der Waals surface area contributed by atoms with Crippen molar-refractivity contribution in [2.24, 2.45) is 0 Å². The maximum atomic E-state index is 11.9. The molecule has 1 unspecified atom stereocenters. The Bertz CT molecular complexity index is 470. The Kier molecular flexibility index (Phi) is 2.79. The minimum absolute atomic E-state index is 0.0664. The summed E-state index contributed by atoms with van der Waals surface area (Å²) in [5.74, 6) is 0.100. The van der Waals surface area contributed by atoms with E-state index in [1.54, 1.807) is 0 Å². The lowest BCUT2D eigenvalue weighted by Crippen LogP contribution is -2.49. The van der Waals surface area contributed by atoms with Gasteiger partial charge in [-0.1, -0.05) is 30.3 Å². The van der Waals surface area contributed by atoms with E-state index in [1.807, 2.05) is 44.2 Å². The molecule has 1 N–H and O–H groups in total. The summed E-state index contributed by atoms with van der Waals surface area (Å²) in [6.07, 6.45) is -0.0664. The normalized spacial score (nSPS) is 23.9. The van der Waals surface area contributed by atoms with E-state index in [-0.39, 0.29) is 11.9 Å². The molecule has 1 aliphatic carbocycles. The third-order valence-electron chi connectivity index (χ3n) is 2.75. The molecule has 90 valence electrons. The summed E-state index contributed by atoms with van der Waals surface area (Å²) in [4.78, 5) is 11.9. The molecule has 0 saturated heterocycles. The van der Waals surface area contributed by atoms with Gasteiger partial charge in [0.1, 0.15) is 5.76 Å². The average molecular weight is 232 g/mol. The van der Waals surface area contributed by atoms with E-state index in [0.717, 1.165) is 5.56 Å². The molecule has 0 bridgehead atoms. The topological polar surface area (TPSA) is 46.5 Å². The van der Waals surface area contributed by atoms with Crippen molar-refractivity contribution < 1.29 is 14.6 Å². The number of benzene rings is 1. The zero-order valence-electron chi connectivity index (χ0n) is 10.2. The van der Waals surface area contributed by atoms with Crippen molar-refractivity contribution in [2.45, 2.75) is 32.5 Å². The molecule has 2 rings (SSSR count). The van der Waals surface area contributed by atoms with E-state index in [4.69, 9.17) is 4.74 Å². The first kappa shape index (κ1) is 11.9. The molecule has 0 heterocycles. The molecule has 1 aromatic rings. The second-order valence-corrected chi connectivity index (χ2v) is 4.64. The highest BCUT2D eigenvalue weighted by Crippen LogP contribution is 2.41. The largest absolute Gasteiger partial charge is 0.491 e. The lowest BCUT2D eigenvalue weighted by molar-refractivity contribution is -0.135. The van der Waals surface area contributed by atoms with Crippen molar-refractivity contribution in [2.75, 3.05) is 0 Å². The highest BCUT2D eigenvalue weighted by atomic mass is 16.5. The predicted octanol–water partition coefficient (Wildman–Crippen LogP) is 2.16. The van der Waals surface area contributed by atoms with Crippen LogP contribution in [0.3, 0.4) is 0 Å². The van der Waals surface area contributed by atoms with Gasteiger partial charge in [0.2, 0.25) is 5.78 Å². The number of Topliss-reactive ketones (excluding diaryl/α,β-unsaturated/α-hetero) is 1. The van der Waals surface area contributed by atoms with Gasteiger partial charge in [-0.25, -0.2) is 0 Å². The predicted molar refractivity (Wildman–Crippen MR) is 65.2 cm³/mol. The molecule has 0 saturated carbocycles. The van der Waals surface area contributed by atoms with Gasteiger partial charge in [-0.15, -0.1) is 0 Å². The first-order valence-corrected chi connectivity index (χ1v) is 5.68. The van der Waals surface area contributed by atoms with Crippen LogP contribution in [0.4, 0.5) is 0 Å². The molecule has 3 nitrogen and oxygen atoms in total. The second kappa shape index (κ2) is 4.00. The Hall–Kier alpha value is -1.61. The number of carbonyl (C=O) groups excluding carboxylic acids is 1. The van der Waals surface area contributed by atoms with Gasteiger partial charge < -0.3 is 9.84 Å². The van der Waals surface area contributed by atoms with Crippen LogP contribution < -0.4 is 0 Å². The molecule has 17 heavy (non-hydrogen) atoms. The van der Waals surface area contributed by atoms with Gasteiger partial charge in [0.05, 0.1) is 11.7 Å². The zero-order chi connectivity index (χ0) is 12.6. The molecule has 1 aliphatic rings. The molecule has 0 aromatic heterocycles. The molecule has 1 aromatic carbocycles. The van der Waals surface area contributed by atoms with E-state index in [2.05, 4.69) is 0 Å². The zero-order valence-corrected chi connectivity index (χ0v) is 10.2. The van der Waals surface area contributed by atoms with E-state index in [0.29, 0.717) is 11.3 Å². The van der Waals surface area contributed by atoms with Crippen LogP contribution in [0.25, 0.3) is 5.57 Å². The van der Waals surface area contributed by atoms with Crippen LogP contribution in [0.1, 0.15) is 26.3 Å². The Labute approximate surface area is 101 Å². The smallest absolute Gasteiger partial charge is 0.205 e. The van der Waals surface area contributed by atoms with Crippen molar-refractivity contribution in [3.63, 3.8) is 0 Å². The van der Waals surface area contributed by atoms with Crippen LogP contribution in [-0.2, 0) is 9.53 Å². The van der Waals surface area contributed by atoms with E-state index < -0.39 is 5.60 Å². The number of hydrogen-bond acceptors (Lipinski definition) is 3. The van der Waals surface area contributed by atoms with Gasteiger partial charge in [-0.2, -0.15) is 0 Å². The van der Waals surface area contributed by atoms with E-state index in [1.165, 1.54) is 6.92 Å². The Morgan fingerprint density at radius 1 is 1.24 bits per heavy atom. The van der Waals surface area contributed by atoms with Gasteiger partial charge in [0, 0.05) is 0 Å². The SMILES string of the molecule is CC(C)OC1=C(c2ccccc2)C(=O)C1(C)O. The fourth-order valence-corrected chi connectivity index (χ4v) is 1.91. The van der Waals surface area contributed by atoms with Gasteiger partial charge in [-0.3, -0.25) is 4.79 Å². The van der Waals surface area contributed by atoms with Crippen molar-refractivity contribution in [3.8, 4) is 0 Å². The van der Waals surface area contributed by atoms with Crippen LogP contribution >= 0.6 is 0 Å². The Morgan fingerprint density at radius 3 is 2.35 bits per heavy atom. The summed E-state index contributed by atoms with van der Waals surface area (Å²) in [5.41, 5.74) is -0.195. The first-order chi connectivity index (χ1) is 7.94. The second-order valence-electron chi connectivity index (χ2n) is 4.64. The number of aliphatic hydroxyl groups is 1. The summed E-state index contributed by atoms with van der Waals surface area (Å²) in [5, 5.41) is 9.99. The first-order valence-electron chi connectivity index (χ1n) is 5.68. The lowest BCUT2D eigenvalue weighted by Gasteiger charge is -2.37. The molecular formula is C14H16O3. The molecule has 0 radical (unpaired) electrons. The van der Waals surface area contributed by atoms with E-state index in [9.17, 15) is 9.90 Å². The summed E-state index contributed by atoms with van der Waals surface area (Å²) in [7, 11) is 0. The number of ketones is 1. The summed E-state index contributed by atoms with van der Waals surface area (Å²) < 4.78 is 5.55. The van der Waals surface area contributed by atoms with Gasteiger partial charge in [0.25, 0.3) is 0 Å². The molecule has 0 aliphatic heterocycles. The average Bonchev–Trinajstić information content (AvgIpc) is 2.29. The standard InChI is InChI=1S/C14H16O3/c1-9(2)17-13-11(12(15)14(13,3)16)10-7-5-4-6-8-10/h4-9,16H,1-3H3. The Balaban J connectivity index is 2.46. The van der Waals surface area contributed by atoms with Crippen LogP contribution in [0.5, 0.6) is 0 Å². The third kappa shape index (κ3) is 1.87. The number of hydrogen-bond donors (Lipinski definition) is 1. The maximum absolute atomic E-state index is 11.9. The molecule has 0 amide bonds. The third-order valence-corrected chi connectivity index (χ3v) is 2.75. The monoisotopic (exact) mass is 232 g/mol. The van der Waals surface area contributed by atoms with Crippen molar-refractivity contribution in [3.05, 3.63) is 41.7 Å². The lowest BCUT2D eigenvalue weighted by atomic mass is 9.76. The summed E-state index contributed by atoms with van der Waals surface area (Å²) >= 11 is 0. The molecule has 0 spiro atoms. The number of carbonyl (C=O) groups is 1.